The van der Waals surface area contributed by atoms with Crippen LogP contribution in [0.3, 0.4) is 0 Å². The average Bonchev–Trinajstić information content (AvgIpc) is 2.41. The molecule has 0 aromatic carbocycles. The maximum atomic E-state index is 11.9. The summed E-state index contributed by atoms with van der Waals surface area (Å²) in [5.41, 5.74) is 0. The van der Waals surface area contributed by atoms with E-state index < -0.39 is 0 Å². The molecule has 1 aliphatic rings. The number of carbonyl (C=O) groups is 1. The Labute approximate surface area is 118 Å². The lowest BCUT2D eigenvalue weighted by molar-refractivity contribution is 0.136. The third-order valence-corrected chi connectivity index (χ3v) is 3.74. The topological polar surface area (TPSA) is 35.6 Å². The second kappa shape index (κ2) is 9.18. The molecule has 0 atom stereocenters. The zero-order valence-electron chi connectivity index (χ0n) is 13.0. The van der Waals surface area contributed by atoms with Crippen molar-refractivity contribution in [2.24, 2.45) is 5.92 Å². The second-order valence-electron chi connectivity index (χ2n) is 5.95. The van der Waals surface area contributed by atoms with Gasteiger partial charge in [0.2, 0.25) is 0 Å². The molecule has 4 nitrogen and oxygen atoms in total. The number of carbonyl (C=O) groups excluding carboxylic acids is 1. The molecule has 1 N–H and O–H groups in total. The molecule has 1 fully saturated rings. The predicted octanol–water partition coefficient (Wildman–Crippen LogP) is 2.55. The fourth-order valence-electron chi connectivity index (χ4n) is 2.30. The van der Waals surface area contributed by atoms with Crippen LogP contribution in [-0.4, -0.2) is 55.1 Å². The highest BCUT2D eigenvalue weighted by molar-refractivity contribution is 5.74. The van der Waals surface area contributed by atoms with Crippen LogP contribution in [0.2, 0.25) is 0 Å². The SMILES string of the molecule is CCCCCNC(=O)N1CCN(CCC(C)C)CC1. The summed E-state index contributed by atoms with van der Waals surface area (Å²) in [6.07, 6.45) is 4.74. The maximum absolute atomic E-state index is 11.9. The average molecular weight is 269 g/mol. The minimum Gasteiger partial charge on any atom is -0.338 e. The van der Waals surface area contributed by atoms with Crippen LogP contribution in [0.25, 0.3) is 0 Å². The highest BCUT2D eigenvalue weighted by atomic mass is 16.2. The molecule has 4 heteroatoms. The number of unbranched alkanes of at least 4 members (excludes halogenated alkanes) is 2. The molecule has 112 valence electrons. The molecule has 0 unspecified atom stereocenters. The number of piperazine rings is 1. The van der Waals surface area contributed by atoms with Gasteiger partial charge in [0.15, 0.2) is 0 Å². The molecule has 2 amide bonds. The monoisotopic (exact) mass is 269 g/mol. The van der Waals surface area contributed by atoms with Crippen LogP contribution in [0.1, 0.15) is 46.5 Å². The minimum absolute atomic E-state index is 0.125. The zero-order valence-corrected chi connectivity index (χ0v) is 13.0. The van der Waals surface area contributed by atoms with Crippen LogP contribution in [0.15, 0.2) is 0 Å². The smallest absolute Gasteiger partial charge is 0.317 e. The highest BCUT2D eigenvalue weighted by Gasteiger charge is 2.20. The molecule has 1 rings (SSSR count). The Morgan fingerprint density at radius 2 is 1.84 bits per heavy atom. The van der Waals surface area contributed by atoms with Crippen molar-refractivity contribution in [3.8, 4) is 0 Å². The number of nitrogens with one attached hydrogen (secondary N) is 1. The van der Waals surface area contributed by atoms with Crippen molar-refractivity contribution < 1.29 is 4.79 Å². The van der Waals surface area contributed by atoms with Crippen LogP contribution in [0.4, 0.5) is 4.79 Å². The summed E-state index contributed by atoms with van der Waals surface area (Å²) < 4.78 is 0. The second-order valence-corrected chi connectivity index (χ2v) is 5.95. The molecule has 0 spiro atoms. The number of hydrogen-bond acceptors (Lipinski definition) is 2. The van der Waals surface area contributed by atoms with E-state index in [0.717, 1.165) is 45.1 Å². The van der Waals surface area contributed by atoms with Gasteiger partial charge in [-0.2, -0.15) is 0 Å². The van der Waals surface area contributed by atoms with Gasteiger partial charge >= 0.3 is 6.03 Å². The summed E-state index contributed by atoms with van der Waals surface area (Å²) in [6.45, 7) is 12.5. The van der Waals surface area contributed by atoms with Gasteiger partial charge in [0, 0.05) is 32.7 Å². The van der Waals surface area contributed by atoms with Crippen molar-refractivity contribution in [2.75, 3.05) is 39.3 Å². The van der Waals surface area contributed by atoms with Crippen LogP contribution in [0.5, 0.6) is 0 Å². The number of hydrogen-bond donors (Lipinski definition) is 1. The van der Waals surface area contributed by atoms with E-state index in [2.05, 4.69) is 31.0 Å². The number of urea groups is 1. The van der Waals surface area contributed by atoms with Crippen molar-refractivity contribution in [1.29, 1.82) is 0 Å². The summed E-state index contributed by atoms with van der Waals surface area (Å²) in [5.74, 6) is 0.764. The van der Waals surface area contributed by atoms with Crippen molar-refractivity contribution in [1.82, 2.24) is 15.1 Å². The Morgan fingerprint density at radius 1 is 1.16 bits per heavy atom. The summed E-state index contributed by atoms with van der Waals surface area (Å²) in [5, 5.41) is 3.02. The normalized spacial score (nSPS) is 16.9. The van der Waals surface area contributed by atoms with E-state index in [9.17, 15) is 4.79 Å². The Bertz CT molecular complexity index is 248. The predicted molar refractivity (Wildman–Crippen MR) is 80.4 cm³/mol. The van der Waals surface area contributed by atoms with E-state index in [0.29, 0.717) is 0 Å². The van der Waals surface area contributed by atoms with Gasteiger partial charge in [0.05, 0.1) is 0 Å². The molecule has 0 aromatic heterocycles. The van der Waals surface area contributed by atoms with Crippen LogP contribution >= 0.6 is 0 Å². The van der Waals surface area contributed by atoms with Gasteiger partial charge < -0.3 is 10.2 Å². The molecule has 0 radical (unpaired) electrons. The third-order valence-electron chi connectivity index (χ3n) is 3.74. The molecule has 19 heavy (non-hydrogen) atoms. The van der Waals surface area contributed by atoms with Crippen LogP contribution < -0.4 is 5.32 Å². The summed E-state index contributed by atoms with van der Waals surface area (Å²) >= 11 is 0. The molecule has 1 saturated heterocycles. The molecule has 0 bridgehead atoms. The van der Waals surface area contributed by atoms with Crippen molar-refractivity contribution in [3.05, 3.63) is 0 Å². The Hall–Kier alpha value is -0.770. The fraction of sp³-hybridized carbons (Fsp3) is 0.933. The summed E-state index contributed by atoms with van der Waals surface area (Å²) in [4.78, 5) is 16.4. The van der Waals surface area contributed by atoms with Gasteiger partial charge in [0.25, 0.3) is 0 Å². The van der Waals surface area contributed by atoms with Crippen LogP contribution in [-0.2, 0) is 0 Å². The first-order valence-electron chi connectivity index (χ1n) is 7.88. The number of rotatable bonds is 7. The van der Waals surface area contributed by atoms with Crippen molar-refractivity contribution >= 4 is 6.03 Å². The Kier molecular flexibility index (Phi) is 7.87. The van der Waals surface area contributed by atoms with E-state index in [1.807, 2.05) is 4.90 Å². The first-order chi connectivity index (χ1) is 9.13. The summed E-state index contributed by atoms with van der Waals surface area (Å²) in [7, 11) is 0. The molecule has 1 aliphatic heterocycles. The Morgan fingerprint density at radius 3 is 2.42 bits per heavy atom. The van der Waals surface area contributed by atoms with Crippen molar-refractivity contribution in [2.45, 2.75) is 46.5 Å². The lowest BCUT2D eigenvalue weighted by Crippen LogP contribution is -2.52. The quantitative estimate of drug-likeness (QED) is 0.721. The van der Waals surface area contributed by atoms with Gasteiger partial charge in [-0.1, -0.05) is 33.6 Å². The molecular weight excluding hydrogens is 238 g/mol. The first kappa shape index (κ1) is 16.3. The van der Waals surface area contributed by atoms with E-state index in [1.54, 1.807) is 0 Å². The van der Waals surface area contributed by atoms with Gasteiger partial charge in [-0.25, -0.2) is 4.79 Å². The molecule has 0 saturated carbocycles. The molecule has 0 aromatic rings. The third kappa shape index (κ3) is 6.81. The largest absolute Gasteiger partial charge is 0.338 e. The van der Waals surface area contributed by atoms with Crippen LogP contribution in [0, 0.1) is 5.92 Å². The number of nitrogens with zero attached hydrogens (tertiary/aromatic N) is 2. The molecular formula is C15H31N3O. The molecule has 1 heterocycles. The molecule has 0 aliphatic carbocycles. The van der Waals surface area contributed by atoms with E-state index >= 15 is 0 Å². The maximum Gasteiger partial charge on any atom is 0.317 e. The van der Waals surface area contributed by atoms with Gasteiger partial charge in [-0.05, 0) is 25.3 Å². The number of amides is 2. The Balaban J connectivity index is 2.12. The van der Waals surface area contributed by atoms with Gasteiger partial charge in [-0.3, -0.25) is 4.90 Å². The fourth-order valence-corrected chi connectivity index (χ4v) is 2.30. The van der Waals surface area contributed by atoms with E-state index in [1.165, 1.54) is 25.8 Å². The lowest BCUT2D eigenvalue weighted by Gasteiger charge is -2.35. The van der Waals surface area contributed by atoms with Gasteiger partial charge in [0.1, 0.15) is 0 Å². The first-order valence-corrected chi connectivity index (χ1v) is 7.88. The minimum atomic E-state index is 0.125. The lowest BCUT2D eigenvalue weighted by atomic mass is 10.1. The van der Waals surface area contributed by atoms with Crippen molar-refractivity contribution in [3.63, 3.8) is 0 Å². The zero-order chi connectivity index (χ0) is 14.1. The van der Waals surface area contributed by atoms with Gasteiger partial charge in [-0.15, -0.1) is 0 Å². The standard InChI is InChI=1S/C15H31N3O/c1-4-5-6-8-16-15(19)18-12-10-17(11-13-18)9-7-14(2)3/h14H,4-13H2,1-3H3,(H,16,19). The highest BCUT2D eigenvalue weighted by Crippen LogP contribution is 2.06. The van der Waals surface area contributed by atoms with E-state index in [4.69, 9.17) is 0 Å². The summed E-state index contributed by atoms with van der Waals surface area (Å²) in [6, 6.07) is 0.125. The van der Waals surface area contributed by atoms with E-state index in [-0.39, 0.29) is 6.03 Å².